The number of aromatic nitrogens is 1. The van der Waals surface area contributed by atoms with Gasteiger partial charge < -0.3 is 14.2 Å². The molecular weight excluding hydrogens is 461 g/mol. The first-order valence-corrected chi connectivity index (χ1v) is 11.9. The van der Waals surface area contributed by atoms with Crippen LogP contribution in [-0.2, 0) is 16.1 Å². The van der Waals surface area contributed by atoms with E-state index in [9.17, 15) is 19.3 Å². The molecule has 0 bridgehead atoms. The van der Waals surface area contributed by atoms with Gasteiger partial charge in [-0.05, 0) is 34.9 Å². The Balaban J connectivity index is 1.62. The van der Waals surface area contributed by atoms with Crippen LogP contribution in [0.5, 0.6) is 0 Å². The smallest absolute Gasteiger partial charge is 0.270 e. The van der Waals surface area contributed by atoms with Crippen LogP contribution in [0.2, 0.25) is 0 Å². The molecule has 1 amide bonds. The van der Waals surface area contributed by atoms with E-state index in [2.05, 4.69) is 4.57 Å². The fraction of sp³-hybridized carbons (Fsp3) is 0.250. The van der Waals surface area contributed by atoms with Gasteiger partial charge in [0.25, 0.3) is 5.69 Å². The Morgan fingerprint density at radius 2 is 1.75 bits per heavy atom. The summed E-state index contributed by atoms with van der Waals surface area (Å²) in [4.78, 5) is 26.3. The summed E-state index contributed by atoms with van der Waals surface area (Å²) in [6.45, 7) is 2.61. The average Bonchev–Trinajstić information content (AvgIpc) is 3.26. The Morgan fingerprint density at radius 1 is 1.03 bits per heavy atom. The van der Waals surface area contributed by atoms with Crippen LogP contribution in [0.15, 0.2) is 79.0 Å². The van der Waals surface area contributed by atoms with Crippen LogP contribution in [0.3, 0.4) is 0 Å². The van der Waals surface area contributed by atoms with Crippen LogP contribution < -0.4 is 0 Å². The number of amides is 1. The Bertz CT molecular complexity index is 1380. The van der Waals surface area contributed by atoms with Gasteiger partial charge in [0, 0.05) is 61.2 Å². The van der Waals surface area contributed by atoms with Crippen molar-refractivity contribution in [2.75, 3.05) is 26.3 Å². The van der Waals surface area contributed by atoms with E-state index in [0.29, 0.717) is 38.2 Å². The van der Waals surface area contributed by atoms with Gasteiger partial charge in [-0.25, -0.2) is 4.39 Å². The van der Waals surface area contributed by atoms with Crippen molar-refractivity contribution in [3.63, 3.8) is 0 Å². The molecule has 0 aliphatic carbocycles. The Hall–Kier alpha value is -4.04. The molecule has 1 aliphatic rings. The van der Waals surface area contributed by atoms with Crippen LogP contribution in [-0.4, -0.2) is 46.6 Å². The van der Waals surface area contributed by atoms with Crippen molar-refractivity contribution in [3.05, 3.63) is 112 Å². The maximum Gasteiger partial charge on any atom is 0.270 e. The van der Waals surface area contributed by atoms with Crippen molar-refractivity contribution in [2.24, 2.45) is 0 Å². The predicted octanol–water partition coefficient (Wildman–Crippen LogP) is 5.12. The molecule has 8 heteroatoms. The number of fused-ring (bicyclic) bond motifs is 1. The number of nitrogens with zero attached hydrogens (tertiary/aromatic N) is 3. The summed E-state index contributed by atoms with van der Waals surface area (Å²) in [5, 5.41) is 12.3. The predicted molar refractivity (Wildman–Crippen MR) is 134 cm³/mol. The van der Waals surface area contributed by atoms with Gasteiger partial charge in [0.05, 0.1) is 18.1 Å². The number of hydrogen-bond acceptors (Lipinski definition) is 4. The SMILES string of the molecule is O=C(CC(c1ccc(F)cc1)c1cn(Cc2ccccc2)c2ccc([N+](=O)[O-])cc12)N1CCOCC1. The summed E-state index contributed by atoms with van der Waals surface area (Å²) >= 11 is 0. The minimum atomic E-state index is -0.413. The summed E-state index contributed by atoms with van der Waals surface area (Å²) < 4.78 is 21.2. The number of morpholine rings is 1. The van der Waals surface area contributed by atoms with Crippen molar-refractivity contribution in [3.8, 4) is 0 Å². The lowest BCUT2D eigenvalue weighted by molar-refractivity contribution is -0.384. The quantitative estimate of drug-likeness (QED) is 0.268. The zero-order valence-electron chi connectivity index (χ0n) is 19.7. The second kappa shape index (κ2) is 10.3. The molecule has 7 nitrogen and oxygen atoms in total. The van der Waals surface area contributed by atoms with Crippen LogP contribution in [0.25, 0.3) is 10.9 Å². The monoisotopic (exact) mass is 487 g/mol. The number of halogens is 1. The lowest BCUT2D eigenvalue weighted by Crippen LogP contribution is -2.41. The number of carbonyl (C=O) groups is 1. The standard InChI is InChI=1S/C28H26FN3O4/c29-22-8-6-21(7-9-22)24(17-28(33)30-12-14-36-15-13-30)26-19-31(18-20-4-2-1-3-5-20)27-11-10-23(32(34)35)16-25(26)27/h1-11,16,19,24H,12-15,17-18H2. The van der Waals surface area contributed by atoms with Crippen molar-refractivity contribution in [1.29, 1.82) is 0 Å². The lowest BCUT2D eigenvalue weighted by atomic mass is 9.87. The fourth-order valence-electron chi connectivity index (χ4n) is 4.83. The Morgan fingerprint density at radius 3 is 2.44 bits per heavy atom. The lowest BCUT2D eigenvalue weighted by Gasteiger charge is -2.28. The summed E-state index contributed by atoms with van der Waals surface area (Å²) in [6.07, 6.45) is 2.14. The highest BCUT2D eigenvalue weighted by Crippen LogP contribution is 2.37. The van der Waals surface area contributed by atoms with E-state index in [0.717, 1.165) is 22.2 Å². The number of non-ortho nitro benzene ring substituents is 1. The molecule has 2 heterocycles. The van der Waals surface area contributed by atoms with Crippen LogP contribution in [0.4, 0.5) is 10.1 Å². The number of ether oxygens (including phenoxy) is 1. The molecule has 184 valence electrons. The minimum Gasteiger partial charge on any atom is -0.378 e. The highest BCUT2D eigenvalue weighted by molar-refractivity contribution is 5.88. The largest absolute Gasteiger partial charge is 0.378 e. The van der Waals surface area contributed by atoms with E-state index < -0.39 is 10.8 Å². The molecule has 1 aliphatic heterocycles. The van der Waals surface area contributed by atoms with Gasteiger partial charge in [0.2, 0.25) is 5.91 Å². The zero-order valence-corrected chi connectivity index (χ0v) is 19.7. The molecule has 5 rings (SSSR count). The van der Waals surface area contributed by atoms with Gasteiger partial charge in [-0.15, -0.1) is 0 Å². The first-order valence-electron chi connectivity index (χ1n) is 11.9. The number of nitro groups is 1. The molecular formula is C28H26FN3O4. The molecule has 1 fully saturated rings. The third kappa shape index (κ3) is 4.99. The number of nitro benzene ring substituents is 1. The second-order valence-electron chi connectivity index (χ2n) is 8.96. The number of hydrogen-bond donors (Lipinski definition) is 0. The Kier molecular flexibility index (Phi) is 6.77. The van der Waals surface area contributed by atoms with E-state index >= 15 is 0 Å². The number of benzene rings is 3. The summed E-state index contributed by atoms with van der Waals surface area (Å²) in [6, 6.07) is 20.9. The maximum absolute atomic E-state index is 13.8. The van der Waals surface area contributed by atoms with E-state index in [1.165, 1.54) is 18.2 Å². The van der Waals surface area contributed by atoms with Gasteiger partial charge >= 0.3 is 0 Å². The third-order valence-electron chi connectivity index (χ3n) is 6.69. The van der Waals surface area contributed by atoms with Crippen LogP contribution in [0.1, 0.15) is 29.0 Å². The summed E-state index contributed by atoms with van der Waals surface area (Å²) in [5.41, 5.74) is 3.49. The molecule has 3 aromatic carbocycles. The Labute approximate surface area is 207 Å². The third-order valence-corrected chi connectivity index (χ3v) is 6.69. The van der Waals surface area contributed by atoms with Gasteiger partial charge in [0.1, 0.15) is 5.82 Å². The van der Waals surface area contributed by atoms with Crippen molar-refractivity contribution in [1.82, 2.24) is 9.47 Å². The van der Waals surface area contributed by atoms with Gasteiger partial charge in [-0.2, -0.15) is 0 Å². The molecule has 1 atom stereocenters. The molecule has 1 unspecified atom stereocenters. The first kappa shape index (κ1) is 23.7. The summed E-state index contributed by atoms with van der Waals surface area (Å²) in [7, 11) is 0. The summed E-state index contributed by atoms with van der Waals surface area (Å²) in [5.74, 6) is -0.788. The highest BCUT2D eigenvalue weighted by Gasteiger charge is 2.27. The van der Waals surface area contributed by atoms with Gasteiger partial charge in [0.15, 0.2) is 0 Å². The van der Waals surface area contributed by atoms with Crippen LogP contribution in [0, 0.1) is 15.9 Å². The van der Waals surface area contributed by atoms with Crippen molar-refractivity contribution in [2.45, 2.75) is 18.9 Å². The first-order chi connectivity index (χ1) is 17.5. The highest BCUT2D eigenvalue weighted by atomic mass is 19.1. The number of rotatable bonds is 7. The molecule has 0 saturated carbocycles. The normalized spacial score (nSPS) is 14.6. The molecule has 4 aromatic rings. The average molecular weight is 488 g/mol. The van der Waals surface area contributed by atoms with Gasteiger partial charge in [-0.1, -0.05) is 42.5 Å². The second-order valence-corrected chi connectivity index (χ2v) is 8.96. The number of carbonyl (C=O) groups excluding carboxylic acids is 1. The topological polar surface area (TPSA) is 77.6 Å². The van der Waals surface area contributed by atoms with Crippen LogP contribution >= 0.6 is 0 Å². The van der Waals surface area contributed by atoms with Crippen molar-refractivity contribution < 1.29 is 18.8 Å². The van der Waals surface area contributed by atoms with E-state index in [-0.39, 0.29) is 23.8 Å². The van der Waals surface area contributed by atoms with Crippen molar-refractivity contribution >= 4 is 22.5 Å². The molecule has 1 aromatic heterocycles. The van der Waals surface area contributed by atoms with E-state index in [4.69, 9.17) is 4.74 Å². The molecule has 0 N–H and O–H groups in total. The minimum absolute atomic E-state index is 0.0152. The van der Waals surface area contributed by atoms with E-state index in [1.807, 2.05) is 36.5 Å². The molecule has 0 spiro atoms. The molecule has 1 saturated heterocycles. The maximum atomic E-state index is 13.8. The zero-order chi connectivity index (χ0) is 25.1. The molecule has 36 heavy (non-hydrogen) atoms. The van der Waals surface area contributed by atoms with Gasteiger partial charge in [-0.3, -0.25) is 14.9 Å². The fourth-order valence-corrected chi connectivity index (χ4v) is 4.83. The molecule has 0 radical (unpaired) electrons. The van der Waals surface area contributed by atoms with E-state index in [1.54, 1.807) is 29.2 Å².